The highest BCUT2D eigenvalue weighted by atomic mass is 16.5. The van der Waals surface area contributed by atoms with E-state index in [2.05, 4.69) is 64.0 Å². The number of fused-ring (bicyclic) bond motifs is 2. The lowest BCUT2D eigenvalue weighted by Gasteiger charge is -2.36. The van der Waals surface area contributed by atoms with Gasteiger partial charge in [-0.2, -0.15) is 10.2 Å². The molecule has 1 saturated heterocycles. The van der Waals surface area contributed by atoms with Gasteiger partial charge in [0.2, 0.25) is 0 Å². The summed E-state index contributed by atoms with van der Waals surface area (Å²) in [5, 5.41) is 13.6. The molecule has 6 rings (SSSR count). The maximum absolute atomic E-state index is 5.97. The van der Waals surface area contributed by atoms with Crippen LogP contribution in [0.3, 0.4) is 0 Å². The second-order valence-electron chi connectivity index (χ2n) is 9.66. The molecule has 0 unspecified atom stereocenters. The Bertz CT molecular complexity index is 1540. The summed E-state index contributed by atoms with van der Waals surface area (Å²) in [6.07, 6.45) is 9.57. The number of aromatic amines is 1. The summed E-state index contributed by atoms with van der Waals surface area (Å²) in [6.45, 7) is 9.93. The molecule has 6 heterocycles. The molecule has 1 aliphatic rings. The Morgan fingerprint density at radius 3 is 2.75 bits per heavy atom. The highest BCUT2D eigenvalue weighted by Gasteiger charge is 2.27. The number of aromatic nitrogens is 8. The van der Waals surface area contributed by atoms with Crippen LogP contribution in [0.2, 0.25) is 0 Å². The second kappa shape index (κ2) is 8.59. The number of nitrogens with zero attached hydrogens (tertiary/aromatic N) is 8. The van der Waals surface area contributed by atoms with Crippen LogP contribution in [-0.4, -0.2) is 64.6 Å². The Kier molecular flexibility index (Phi) is 5.36. The first-order valence-electron chi connectivity index (χ1n) is 12.2. The van der Waals surface area contributed by atoms with E-state index in [4.69, 9.17) is 14.8 Å². The standard InChI is InChI=1S/C25H30N10O/c1-14-6-7-35-21(14)25(34-10-15(2)36-16(3)11-34)31-22(32-35)17(4)30-24-20-19(18-8-29-33(5)12-18)9-26-23(20)27-13-28-24/h6-9,12-13,15-17H,10-11H2,1-5H3,(H2,26,27,28,30)/t15-,16+,17-/m0/s1. The van der Waals surface area contributed by atoms with Crippen LogP contribution in [0.15, 0.2) is 37.2 Å². The van der Waals surface area contributed by atoms with Crippen LogP contribution in [0.1, 0.15) is 38.2 Å². The minimum atomic E-state index is -0.207. The summed E-state index contributed by atoms with van der Waals surface area (Å²) in [5.41, 5.74) is 4.92. The van der Waals surface area contributed by atoms with Gasteiger partial charge in [-0.1, -0.05) is 0 Å². The Labute approximate surface area is 208 Å². The Hall–Kier alpha value is -3.99. The third kappa shape index (κ3) is 3.85. The van der Waals surface area contributed by atoms with E-state index in [1.165, 1.54) is 0 Å². The maximum Gasteiger partial charge on any atom is 0.173 e. The molecule has 1 aliphatic heterocycles. The summed E-state index contributed by atoms with van der Waals surface area (Å²) < 4.78 is 9.69. The predicted molar refractivity (Wildman–Crippen MR) is 138 cm³/mol. The van der Waals surface area contributed by atoms with Gasteiger partial charge >= 0.3 is 0 Å². The number of anilines is 2. The number of nitrogens with one attached hydrogen (secondary N) is 2. The summed E-state index contributed by atoms with van der Waals surface area (Å²) in [7, 11) is 1.90. The number of hydrogen-bond acceptors (Lipinski definition) is 8. The number of hydrogen-bond donors (Lipinski definition) is 2. The van der Waals surface area contributed by atoms with Crippen molar-refractivity contribution in [2.75, 3.05) is 23.3 Å². The Morgan fingerprint density at radius 2 is 2.00 bits per heavy atom. The van der Waals surface area contributed by atoms with Crippen LogP contribution in [-0.2, 0) is 11.8 Å². The van der Waals surface area contributed by atoms with E-state index < -0.39 is 0 Å². The van der Waals surface area contributed by atoms with Gasteiger partial charge in [0.1, 0.15) is 23.3 Å². The molecule has 0 spiro atoms. The molecular formula is C25H30N10O. The lowest BCUT2D eigenvalue weighted by molar-refractivity contribution is -0.00541. The molecule has 11 nitrogen and oxygen atoms in total. The van der Waals surface area contributed by atoms with E-state index in [0.29, 0.717) is 5.82 Å². The zero-order valence-electron chi connectivity index (χ0n) is 21.1. The molecule has 2 N–H and O–H groups in total. The third-order valence-electron chi connectivity index (χ3n) is 6.66. The first-order chi connectivity index (χ1) is 17.4. The van der Waals surface area contributed by atoms with Gasteiger partial charge in [-0.05, 0) is 39.3 Å². The topological polar surface area (TPSA) is 114 Å². The number of ether oxygens (including phenoxy) is 1. The number of aryl methyl sites for hydroxylation is 2. The zero-order valence-corrected chi connectivity index (χ0v) is 21.1. The molecule has 11 heteroatoms. The fourth-order valence-corrected chi connectivity index (χ4v) is 5.06. The second-order valence-corrected chi connectivity index (χ2v) is 9.66. The fourth-order valence-electron chi connectivity index (χ4n) is 5.06. The molecule has 5 aromatic rings. The zero-order chi connectivity index (χ0) is 25.0. The van der Waals surface area contributed by atoms with Crippen LogP contribution in [0, 0.1) is 6.92 Å². The molecule has 186 valence electrons. The number of H-pyrrole nitrogens is 1. The largest absolute Gasteiger partial charge is 0.372 e. The maximum atomic E-state index is 5.97. The highest BCUT2D eigenvalue weighted by molar-refractivity contribution is 6.00. The van der Waals surface area contributed by atoms with Crippen LogP contribution in [0.4, 0.5) is 11.6 Å². The minimum Gasteiger partial charge on any atom is -0.372 e. The molecule has 5 aromatic heterocycles. The van der Waals surface area contributed by atoms with Crippen molar-refractivity contribution in [1.82, 2.24) is 39.3 Å². The Morgan fingerprint density at radius 1 is 1.19 bits per heavy atom. The highest BCUT2D eigenvalue weighted by Crippen LogP contribution is 2.33. The molecule has 0 saturated carbocycles. The van der Waals surface area contributed by atoms with E-state index in [1.54, 1.807) is 11.0 Å². The van der Waals surface area contributed by atoms with Gasteiger partial charge in [-0.15, -0.1) is 0 Å². The summed E-state index contributed by atoms with van der Waals surface area (Å²) in [4.78, 5) is 19.7. The molecule has 0 aromatic carbocycles. The number of morpholine rings is 1. The van der Waals surface area contributed by atoms with Gasteiger partial charge in [0.25, 0.3) is 0 Å². The third-order valence-corrected chi connectivity index (χ3v) is 6.66. The normalized spacial score (nSPS) is 19.3. The molecule has 0 bridgehead atoms. The van der Waals surface area contributed by atoms with Gasteiger partial charge in [0.05, 0.1) is 29.8 Å². The van der Waals surface area contributed by atoms with Crippen LogP contribution in [0.5, 0.6) is 0 Å². The van der Waals surface area contributed by atoms with E-state index in [-0.39, 0.29) is 18.2 Å². The molecule has 1 fully saturated rings. The quantitative estimate of drug-likeness (QED) is 0.388. The monoisotopic (exact) mass is 486 g/mol. The van der Waals surface area contributed by atoms with E-state index in [1.807, 2.05) is 36.4 Å². The molecule has 0 aliphatic carbocycles. The van der Waals surface area contributed by atoms with Crippen molar-refractivity contribution in [2.24, 2.45) is 7.05 Å². The summed E-state index contributed by atoms with van der Waals surface area (Å²) in [6, 6.07) is 1.87. The average Bonchev–Trinajstić information content (AvgIpc) is 3.56. The summed E-state index contributed by atoms with van der Waals surface area (Å²) >= 11 is 0. The van der Waals surface area contributed by atoms with Gasteiger partial charge in [0.15, 0.2) is 11.6 Å². The van der Waals surface area contributed by atoms with Crippen molar-refractivity contribution in [3.05, 3.63) is 48.6 Å². The fraction of sp³-hybridized carbons (Fsp3) is 0.400. The van der Waals surface area contributed by atoms with Gasteiger partial charge in [0, 0.05) is 49.9 Å². The van der Waals surface area contributed by atoms with Gasteiger partial charge in [-0.25, -0.2) is 19.5 Å². The van der Waals surface area contributed by atoms with Crippen molar-refractivity contribution < 1.29 is 4.74 Å². The van der Waals surface area contributed by atoms with Crippen molar-refractivity contribution >= 4 is 28.2 Å². The summed E-state index contributed by atoms with van der Waals surface area (Å²) in [5.74, 6) is 2.34. The van der Waals surface area contributed by atoms with Crippen molar-refractivity contribution in [3.8, 4) is 11.1 Å². The first-order valence-corrected chi connectivity index (χ1v) is 12.2. The first kappa shape index (κ1) is 22.5. The molecule has 36 heavy (non-hydrogen) atoms. The van der Waals surface area contributed by atoms with E-state index in [9.17, 15) is 0 Å². The van der Waals surface area contributed by atoms with Crippen LogP contribution >= 0.6 is 0 Å². The van der Waals surface area contributed by atoms with E-state index >= 15 is 0 Å². The molecule has 0 amide bonds. The average molecular weight is 487 g/mol. The smallest absolute Gasteiger partial charge is 0.173 e. The van der Waals surface area contributed by atoms with Crippen molar-refractivity contribution in [1.29, 1.82) is 0 Å². The van der Waals surface area contributed by atoms with Crippen LogP contribution in [0.25, 0.3) is 27.7 Å². The van der Waals surface area contributed by atoms with Crippen molar-refractivity contribution in [2.45, 2.75) is 45.9 Å². The minimum absolute atomic E-state index is 0.131. The van der Waals surface area contributed by atoms with Crippen molar-refractivity contribution in [3.63, 3.8) is 0 Å². The van der Waals surface area contributed by atoms with Gasteiger partial charge < -0.3 is 19.9 Å². The number of rotatable bonds is 5. The van der Waals surface area contributed by atoms with E-state index in [0.717, 1.165) is 58.0 Å². The SMILES string of the molecule is Cc1ccn2nc([C@H](C)Nc3ncnc4[nH]cc(-c5cnn(C)c5)c34)nc(N3C[C@@H](C)O[C@@H](C)C3)c12. The van der Waals surface area contributed by atoms with Gasteiger partial charge in [-0.3, -0.25) is 4.68 Å². The predicted octanol–water partition coefficient (Wildman–Crippen LogP) is 3.50. The molecule has 3 atom stereocenters. The lowest BCUT2D eigenvalue weighted by atomic mass is 10.1. The Balaban J connectivity index is 1.39. The molecular weight excluding hydrogens is 456 g/mol. The molecule has 0 radical (unpaired) electrons. The lowest BCUT2D eigenvalue weighted by Crippen LogP contribution is -2.46. The van der Waals surface area contributed by atoms with Crippen LogP contribution < -0.4 is 10.2 Å².